The molecular formula is C18H17Cl2N5O3S. The summed E-state index contributed by atoms with van der Waals surface area (Å²) in [4.78, 5) is 33.0. The molecule has 0 bridgehead atoms. The molecule has 0 aliphatic carbocycles. The number of fused-ring (bicyclic) bond motifs is 1. The van der Waals surface area contributed by atoms with E-state index in [1.165, 1.54) is 17.8 Å². The van der Waals surface area contributed by atoms with E-state index in [9.17, 15) is 9.59 Å². The van der Waals surface area contributed by atoms with E-state index in [0.717, 1.165) is 5.69 Å². The number of hydrogen-bond acceptors (Lipinski definition) is 7. The highest BCUT2D eigenvalue weighted by Crippen LogP contribution is 2.25. The van der Waals surface area contributed by atoms with Gasteiger partial charge in [-0.1, -0.05) is 35.0 Å². The average Bonchev–Trinajstić information content (AvgIpc) is 3.09. The second-order valence-electron chi connectivity index (χ2n) is 6.08. The quantitative estimate of drug-likeness (QED) is 0.450. The van der Waals surface area contributed by atoms with Crippen LogP contribution in [0.2, 0.25) is 10.0 Å². The Hall–Kier alpha value is -2.36. The summed E-state index contributed by atoms with van der Waals surface area (Å²) in [5.74, 6) is -0.612. The normalized spacial score (nSPS) is 10.9. The van der Waals surface area contributed by atoms with Gasteiger partial charge in [-0.3, -0.25) is 9.59 Å². The molecule has 0 saturated heterocycles. The van der Waals surface area contributed by atoms with Gasteiger partial charge in [0.2, 0.25) is 5.16 Å². The molecule has 0 unspecified atom stereocenters. The molecule has 2 aromatic heterocycles. The number of rotatable bonds is 6. The molecule has 152 valence electrons. The van der Waals surface area contributed by atoms with Gasteiger partial charge in [-0.2, -0.15) is 4.98 Å². The van der Waals surface area contributed by atoms with Crippen LogP contribution in [0.25, 0.3) is 5.78 Å². The minimum atomic E-state index is -0.560. The lowest BCUT2D eigenvalue weighted by molar-refractivity contribution is -0.146. The number of carbonyl (C=O) groups is 2. The maximum Gasteiger partial charge on any atom is 0.310 e. The van der Waals surface area contributed by atoms with Gasteiger partial charge in [0.05, 0.1) is 17.1 Å². The number of thioether (sulfide) groups is 1. The third-order valence-corrected chi connectivity index (χ3v) is 5.20. The van der Waals surface area contributed by atoms with E-state index in [4.69, 9.17) is 27.9 Å². The maximum absolute atomic E-state index is 12.3. The van der Waals surface area contributed by atoms with Crippen LogP contribution in [0.1, 0.15) is 17.0 Å². The number of nitrogens with zero attached hydrogens (tertiary/aromatic N) is 4. The fraction of sp³-hybridized carbons (Fsp3) is 0.278. The van der Waals surface area contributed by atoms with E-state index in [1.54, 1.807) is 23.6 Å². The first-order valence-corrected chi connectivity index (χ1v) is 10.4. The van der Waals surface area contributed by atoms with Crippen LogP contribution in [-0.2, 0) is 20.7 Å². The molecule has 1 N–H and O–H groups in total. The Labute approximate surface area is 181 Å². The SMILES string of the molecule is CSc1nc2nc(C)c(CC(=O)OCC(=O)Nc3cc(Cl)ccc3Cl)c(C)n2n1. The van der Waals surface area contributed by atoms with Gasteiger partial charge in [0, 0.05) is 22.0 Å². The first-order chi connectivity index (χ1) is 13.8. The Morgan fingerprint density at radius 2 is 2.00 bits per heavy atom. The van der Waals surface area contributed by atoms with Gasteiger partial charge >= 0.3 is 5.97 Å². The lowest BCUT2D eigenvalue weighted by atomic mass is 10.1. The molecule has 0 aliphatic rings. The standard InChI is InChI=1S/C18H17Cl2N5O3S/c1-9-12(10(2)25-17(21-9)23-18(24-25)29-3)7-16(27)28-8-15(26)22-14-6-11(19)4-5-13(14)20/h4-6H,7-8H2,1-3H3,(H,22,26). The van der Waals surface area contributed by atoms with Crippen LogP contribution in [-0.4, -0.2) is 44.3 Å². The molecule has 0 spiro atoms. The highest BCUT2D eigenvalue weighted by molar-refractivity contribution is 7.98. The molecule has 1 amide bonds. The highest BCUT2D eigenvalue weighted by atomic mass is 35.5. The van der Waals surface area contributed by atoms with Gasteiger partial charge in [0.25, 0.3) is 11.7 Å². The first-order valence-electron chi connectivity index (χ1n) is 8.46. The van der Waals surface area contributed by atoms with Gasteiger partial charge in [0.1, 0.15) is 0 Å². The van der Waals surface area contributed by atoms with E-state index in [1.807, 2.05) is 13.2 Å². The van der Waals surface area contributed by atoms with Crippen molar-refractivity contribution >= 4 is 58.3 Å². The van der Waals surface area contributed by atoms with Crippen LogP contribution >= 0.6 is 35.0 Å². The predicted octanol–water partition coefficient (Wildman–Crippen LogP) is 3.49. The zero-order valence-electron chi connectivity index (χ0n) is 15.8. The number of benzene rings is 1. The molecule has 0 saturated carbocycles. The van der Waals surface area contributed by atoms with E-state index in [2.05, 4.69) is 20.4 Å². The Kier molecular flexibility index (Phi) is 6.61. The monoisotopic (exact) mass is 453 g/mol. The Bertz CT molecular complexity index is 1100. The summed E-state index contributed by atoms with van der Waals surface area (Å²) in [6.45, 7) is 3.17. The Morgan fingerprint density at radius 1 is 1.24 bits per heavy atom. The molecule has 1 aromatic carbocycles. The number of aromatic nitrogens is 4. The molecule has 29 heavy (non-hydrogen) atoms. The molecule has 11 heteroatoms. The second-order valence-corrected chi connectivity index (χ2v) is 7.70. The van der Waals surface area contributed by atoms with Gasteiger partial charge in [0.15, 0.2) is 6.61 Å². The predicted molar refractivity (Wildman–Crippen MR) is 112 cm³/mol. The second kappa shape index (κ2) is 8.98. The van der Waals surface area contributed by atoms with Crippen molar-refractivity contribution < 1.29 is 14.3 Å². The van der Waals surface area contributed by atoms with Crippen LogP contribution in [0.4, 0.5) is 5.69 Å². The fourth-order valence-electron chi connectivity index (χ4n) is 2.65. The number of amides is 1. The van der Waals surface area contributed by atoms with Crippen molar-refractivity contribution in [3.05, 3.63) is 45.2 Å². The molecule has 0 fully saturated rings. The summed E-state index contributed by atoms with van der Waals surface area (Å²) >= 11 is 13.3. The number of halogens is 2. The third-order valence-electron chi connectivity index (χ3n) is 4.10. The minimum Gasteiger partial charge on any atom is -0.455 e. The van der Waals surface area contributed by atoms with Gasteiger partial charge < -0.3 is 10.1 Å². The summed E-state index contributed by atoms with van der Waals surface area (Å²) in [5.41, 5.74) is 2.42. The number of aryl methyl sites for hydroxylation is 2. The maximum atomic E-state index is 12.3. The third kappa shape index (κ3) is 4.98. The van der Waals surface area contributed by atoms with Crippen LogP contribution < -0.4 is 5.32 Å². The molecule has 3 rings (SSSR count). The number of esters is 1. The Morgan fingerprint density at radius 3 is 2.72 bits per heavy atom. The lowest BCUT2D eigenvalue weighted by Gasteiger charge is -2.11. The van der Waals surface area contributed by atoms with Crippen molar-refractivity contribution in [1.29, 1.82) is 0 Å². The van der Waals surface area contributed by atoms with E-state index in [0.29, 0.717) is 37.9 Å². The molecular weight excluding hydrogens is 437 g/mol. The fourth-order valence-corrected chi connectivity index (χ4v) is 3.33. The number of hydrogen-bond donors (Lipinski definition) is 1. The first kappa shape index (κ1) is 21.4. The zero-order valence-corrected chi connectivity index (χ0v) is 18.2. The smallest absolute Gasteiger partial charge is 0.310 e. The Balaban J connectivity index is 1.65. The van der Waals surface area contributed by atoms with Gasteiger partial charge in [-0.15, -0.1) is 5.10 Å². The molecule has 0 aliphatic heterocycles. The molecule has 2 heterocycles. The molecule has 3 aromatic rings. The van der Waals surface area contributed by atoms with E-state index >= 15 is 0 Å². The van der Waals surface area contributed by atoms with Crippen molar-refractivity contribution in [2.75, 3.05) is 18.2 Å². The van der Waals surface area contributed by atoms with Crippen molar-refractivity contribution in [1.82, 2.24) is 19.6 Å². The van der Waals surface area contributed by atoms with E-state index in [-0.39, 0.29) is 6.42 Å². The summed E-state index contributed by atoms with van der Waals surface area (Å²) in [6.07, 6.45) is 1.83. The topological polar surface area (TPSA) is 98.5 Å². The lowest BCUT2D eigenvalue weighted by Crippen LogP contribution is -2.22. The van der Waals surface area contributed by atoms with Crippen LogP contribution in [0.5, 0.6) is 0 Å². The van der Waals surface area contributed by atoms with Crippen molar-refractivity contribution in [2.24, 2.45) is 0 Å². The van der Waals surface area contributed by atoms with Crippen LogP contribution in [0.3, 0.4) is 0 Å². The molecule has 8 nitrogen and oxygen atoms in total. The van der Waals surface area contributed by atoms with Crippen molar-refractivity contribution in [3.63, 3.8) is 0 Å². The average molecular weight is 454 g/mol. The van der Waals surface area contributed by atoms with Gasteiger partial charge in [-0.05, 0) is 38.3 Å². The van der Waals surface area contributed by atoms with Crippen LogP contribution in [0.15, 0.2) is 23.4 Å². The number of carbonyl (C=O) groups excluding carboxylic acids is 2. The molecule has 0 radical (unpaired) electrons. The van der Waals surface area contributed by atoms with Crippen LogP contribution in [0, 0.1) is 13.8 Å². The largest absolute Gasteiger partial charge is 0.455 e. The minimum absolute atomic E-state index is 0.0414. The number of ether oxygens (including phenoxy) is 1. The summed E-state index contributed by atoms with van der Waals surface area (Å²) < 4.78 is 6.69. The summed E-state index contributed by atoms with van der Waals surface area (Å²) in [5, 5.41) is 8.25. The summed E-state index contributed by atoms with van der Waals surface area (Å²) in [6, 6.07) is 4.68. The highest BCUT2D eigenvalue weighted by Gasteiger charge is 2.17. The zero-order chi connectivity index (χ0) is 21.1. The summed E-state index contributed by atoms with van der Waals surface area (Å²) in [7, 11) is 0. The van der Waals surface area contributed by atoms with E-state index < -0.39 is 18.5 Å². The molecule has 0 atom stereocenters. The number of nitrogens with one attached hydrogen (secondary N) is 1. The number of anilines is 1. The van der Waals surface area contributed by atoms with Crippen molar-refractivity contribution in [3.8, 4) is 0 Å². The van der Waals surface area contributed by atoms with Gasteiger partial charge in [-0.25, -0.2) is 9.50 Å². The van der Waals surface area contributed by atoms with Crippen molar-refractivity contribution in [2.45, 2.75) is 25.4 Å².